The van der Waals surface area contributed by atoms with Gasteiger partial charge < -0.3 is 4.90 Å². The van der Waals surface area contributed by atoms with E-state index in [0.29, 0.717) is 0 Å². The van der Waals surface area contributed by atoms with Crippen LogP contribution in [0.2, 0.25) is 0 Å². The van der Waals surface area contributed by atoms with Crippen LogP contribution < -0.4 is 0 Å². The van der Waals surface area contributed by atoms with Gasteiger partial charge in [0.05, 0.1) is 24.0 Å². The smallest absolute Gasteiger partial charge is 0.330 e. The summed E-state index contributed by atoms with van der Waals surface area (Å²) < 4.78 is 40.1. The summed E-state index contributed by atoms with van der Waals surface area (Å²) in [6, 6.07) is 0. The molecule has 1 amide bonds. The molecule has 0 bridgehead atoms. The van der Waals surface area contributed by atoms with E-state index >= 15 is 0 Å². The highest BCUT2D eigenvalue weighted by atomic mass is 32.1. The molecular formula is C9H8F3N3OS. The van der Waals surface area contributed by atoms with Crippen LogP contribution in [0.5, 0.6) is 0 Å². The second-order valence-corrected chi connectivity index (χ2v) is 4.54. The van der Waals surface area contributed by atoms with Crippen LogP contribution in [0.4, 0.5) is 13.2 Å². The summed E-state index contributed by atoms with van der Waals surface area (Å²) in [5, 5.41) is 3.60. The van der Waals surface area contributed by atoms with E-state index in [2.05, 4.69) is 9.59 Å². The lowest BCUT2D eigenvalue weighted by Crippen LogP contribution is -2.25. The average Bonchev–Trinajstić information content (AvgIpc) is 2.75. The van der Waals surface area contributed by atoms with Crippen LogP contribution in [-0.2, 0) is 11.3 Å². The van der Waals surface area contributed by atoms with Crippen molar-refractivity contribution in [3.05, 3.63) is 22.7 Å². The SMILES string of the molecule is O=C1C=C(CC(F)(F)F)CN1Cc1cnns1. The molecule has 1 aromatic rings. The number of alkyl halides is 3. The van der Waals surface area contributed by atoms with Gasteiger partial charge in [0.25, 0.3) is 0 Å². The molecule has 1 aliphatic heterocycles. The maximum Gasteiger partial charge on any atom is 0.392 e. The number of aromatic nitrogens is 2. The summed E-state index contributed by atoms with van der Waals surface area (Å²) in [6.45, 7) is 0.282. The van der Waals surface area contributed by atoms with Crippen molar-refractivity contribution in [3.8, 4) is 0 Å². The van der Waals surface area contributed by atoms with Crippen molar-refractivity contribution in [3.63, 3.8) is 0 Å². The molecule has 0 N–H and O–H groups in total. The van der Waals surface area contributed by atoms with Gasteiger partial charge in [-0.1, -0.05) is 4.49 Å². The van der Waals surface area contributed by atoms with Gasteiger partial charge in [-0.25, -0.2) is 0 Å². The Morgan fingerprint density at radius 1 is 1.47 bits per heavy atom. The molecule has 0 saturated carbocycles. The first kappa shape index (κ1) is 12.0. The molecule has 0 fully saturated rings. The zero-order valence-electron chi connectivity index (χ0n) is 8.57. The molecule has 1 aliphatic rings. The first-order valence-electron chi connectivity index (χ1n) is 4.75. The van der Waals surface area contributed by atoms with E-state index in [1.165, 1.54) is 11.1 Å². The minimum atomic E-state index is -4.27. The quantitative estimate of drug-likeness (QED) is 0.834. The van der Waals surface area contributed by atoms with Gasteiger partial charge in [0.2, 0.25) is 5.91 Å². The number of rotatable bonds is 3. The van der Waals surface area contributed by atoms with Crippen LogP contribution in [-0.4, -0.2) is 33.1 Å². The first-order chi connectivity index (χ1) is 7.94. The third-order valence-electron chi connectivity index (χ3n) is 2.21. The molecule has 1 aromatic heterocycles. The van der Waals surface area contributed by atoms with E-state index in [-0.39, 0.29) is 18.7 Å². The molecule has 0 radical (unpaired) electrons. The minimum absolute atomic E-state index is 0.0241. The van der Waals surface area contributed by atoms with Gasteiger partial charge in [-0.3, -0.25) is 4.79 Å². The lowest BCUT2D eigenvalue weighted by atomic mass is 10.2. The fourth-order valence-electron chi connectivity index (χ4n) is 1.58. The molecule has 0 aromatic carbocycles. The maximum atomic E-state index is 12.2. The van der Waals surface area contributed by atoms with Crippen LogP contribution in [0.3, 0.4) is 0 Å². The normalized spacial score (nSPS) is 16.5. The lowest BCUT2D eigenvalue weighted by molar-refractivity contribution is -0.128. The summed E-state index contributed by atoms with van der Waals surface area (Å²) in [4.78, 5) is 13.5. The zero-order valence-corrected chi connectivity index (χ0v) is 9.38. The van der Waals surface area contributed by atoms with Crippen LogP contribution >= 0.6 is 11.5 Å². The molecule has 0 spiro atoms. The van der Waals surface area contributed by atoms with Crippen molar-refractivity contribution in [2.75, 3.05) is 6.54 Å². The molecule has 17 heavy (non-hydrogen) atoms. The van der Waals surface area contributed by atoms with E-state index in [4.69, 9.17) is 0 Å². The van der Waals surface area contributed by atoms with Crippen LogP contribution in [0.1, 0.15) is 11.3 Å². The van der Waals surface area contributed by atoms with Gasteiger partial charge in [0, 0.05) is 12.6 Å². The Hall–Kier alpha value is -1.44. The van der Waals surface area contributed by atoms with Crippen LogP contribution in [0, 0.1) is 0 Å². The predicted molar refractivity (Wildman–Crippen MR) is 54.1 cm³/mol. The molecule has 92 valence electrons. The van der Waals surface area contributed by atoms with Gasteiger partial charge in [-0.2, -0.15) is 13.2 Å². The Morgan fingerprint density at radius 3 is 2.82 bits per heavy atom. The number of nitrogens with zero attached hydrogens (tertiary/aromatic N) is 3. The summed E-state index contributed by atoms with van der Waals surface area (Å²) in [6.07, 6.45) is -2.74. The summed E-state index contributed by atoms with van der Waals surface area (Å²) in [7, 11) is 0. The number of hydrogen-bond acceptors (Lipinski definition) is 4. The highest BCUT2D eigenvalue weighted by Crippen LogP contribution is 2.28. The maximum absolute atomic E-state index is 12.2. The monoisotopic (exact) mass is 263 g/mol. The molecule has 4 nitrogen and oxygen atoms in total. The van der Waals surface area contributed by atoms with E-state index in [9.17, 15) is 18.0 Å². The van der Waals surface area contributed by atoms with Crippen molar-refractivity contribution >= 4 is 17.4 Å². The fourth-order valence-corrected chi connectivity index (χ4v) is 2.09. The van der Waals surface area contributed by atoms with Crippen molar-refractivity contribution in [1.82, 2.24) is 14.5 Å². The first-order valence-corrected chi connectivity index (χ1v) is 5.53. The molecule has 0 atom stereocenters. The van der Waals surface area contributed by atoms with E-state index in [1.807, 2.05) is 0 Å². The van der Waals surface area contributed by atoms with E-state index in [0.717, 1.165) is 22.5 Å². The van der Waals surface area contributed by atoms with E-state index in [1.54, 1.807) is 0 Å². The highest BCUT2D eigenvalue weighted by molar-refractivity contribution is 7.05. The number of carbonyl (C=O) groups is 1. The zero-order chi connectivity index (χ0) is 12.5. The second-order valence-electron chi connectivity index (χ2n) is 3.67. The van der Waals surface area contributed by atoms with Gasteiger partial charge in [0.15, 0.2) is 0 Å². The lowest BCUT2D eigenvalue weighted by Gasteiger charge is -2.15. The third kappa shape index (κ3) is 3.26. The van der Waals surface area contributed by atoms with Gasteiger partial charge in [-0.05, 0) is 17.1 Å². The van der Waals surface area contributed by atoms with Crippen molar-refractivity contribution in [1.29, 1.82) is 0 Å². The van der Waals surface area contributed by atoms with Gasteiger partial charge >= 0.3 is 6.18 Å². The van der Waals surface area contributed by atoms with Crippen LogP contribution in [0.25, 0.3) is 0 Å². The van der Waals surface area contributed by atoms with Crippen molar-refractivity contribution in [2.24, 2.45) is 0 Å². The molecule has 0 unspecified atom stereocenters. The molecule has 2 heterocycles. The average molecular weight is 263 g/mol. The Labute approximate surface area is 98.9 Å². The predicted octanol–water partition coefficient (Wildman–Crippen LogP) is 1.76. The Bertz CT molecular complexity index is 441. The number of amides is 1. The number of carbonyl (C=O) groups excluding carboxylic acids is 1. The van der Waals surface area contributed by atoms with Crippen molar-refractivity contribution in [2.45, 2.75) is 19.1 Å². The Kier molecular flexibility index (Phi) is 3.14. The molecule has 0 aliphatic carbocycles. The van der Waals surface area contributed by atoms with Crippen molar-refractivity contribution < 1.29 is 18.0 Å². The Morgan fingerprint density at radius 2 is 2.24 bits per heavy atom. The van der Waals surface area contributed by atoms with Gasteiger partial charge in [-0.15, -0.1) is 5.10 Å². The third-order valence-corrected chi connectivity index (χ3v) is 2.86. The fraction of sp³-hybridized carbons (Fsp3) is 0.444. The molecule has 0 saturated heterocycles. The standard InChI is InChI=1S/C9H8F3N3OS/c10-9(11,12)2-6-1-8(16)15(4-6)5-7-3-13-14-17-7/h1,3H,2,4-5H2. The number of halogens is 3. The van der Waals surface area contributed by atoms with Gasteiger partial charge in [0.1, 0.15) is 0 Å². The van der Waals surface area contributed by atoms with Crippen LogP contribution in [0.15, 0.2) is 17.8 Å². The second kappa shape index (κ2) is 4.44. The topological polar surface area (TPSA) is 46.1 Å². The minimum Gasteiger partial charge on any atom is -0.330 e. The summed E-state index contributed by atoms with van der Waals surface area (Å²) in [5.74, 6) is -0.391. The van der Waals surface area contributed by atoms with E-state index < -0.39 is 18.5 Å². The molecular weight excluding hydrogens is 255 g/mol. The summed E-state index contributed by atoms with van der Waals surface area (Å²) >= 11 is 1.13. The Balaban J connectivity index is 1.95. The molecule has 8 heteroatoms. The molecule has 2 rings (SSSR count). The number of hydrogen-bond donors (Lipinski definition) is 0. The largest absolute Gasteiger partial charge is 0.392 e. The highest BCUT2D eigenvalue weighted by Gasteiger charge is 2.33. The summed E-state index contributed by atoms with van der Waals surface area (Å²) in [5.41, 5.74) is 0.0972.